The molecule has 0 spiro atoms. The van der Waals surface area contributed by atoms with Crippen molar-refractivity contribution < 1.29 is 4.74 Å². The third-order valence-electron chi connectivity index (χ3n) is 1.91. The molecule has 0 aromatic carbocycles. The SMILES string of the molecule is COC[C@@H](N)c1cnnn1CC(C)C. The number of hydrogen-bond acceptors (Lipinski definition) is 4. The average molecular weight is 198 g/mol. The molecule has 0 radical (unpaired) electrons. The Bertz CT molecular complexity index is 272. The van der Waals surface area contributed by atoms with Crippen molar-refractivity contribution in [2.45, 2.75) is 26.4 Å². The summed E-state index contributed by atoms with van der Waals surface area (Å²) < 4.78 is 6.84. The fraction of sp³-hybridized carbons (Fsp3) is 0.778. The van der Waals surface area contributed by atoms with E-state index in [1.54, 1.807) is 13.3 Å². The second kappa shape index (κ2) is 5.07. The number of nitrogens with two attached hydrogens (primary N) is 1. The van der Waals surface area contributed by atoms with E-state index in [-0.39, 0.29) is 6.04 Å². The minimum Gasteiger partial charge on any atom is -0.383 e. The molecule has 14 heavy (non-hydrogen) atoms. The Morgan fingerprint density at radius 2 is 2.29 bits per heavy atom. The number of nitrogens with zero attached hydrogens (tertiary/aromatic N) is 3. The Balaban J connectivity index is 2.70. The van der Waals surface area contributed by atoms with Crippen LogP contribution in [-0.4, -0.2) is 28.7 Å². The van der Waals surface area contributed by atoms with Gasteiger partial charge in [-0.15, -0.1) is 5.10 Å². The number of rotatable bonds is 5. The predicted molar refractivity (Wildman–Crippen MR) is 53.7 cm³/mol. The molecular formula is C9H18N4O. The molecule has 0 bridgehead atoms. The van der Waals surface area contributed by atoms with E-state index < -0.39 is 0 Å². The Hall–Kier alpha value is -0.940. The molecule has 0 saturated heterocycles. The number of methoxy groups -OCH3 is 1. The van der Waals surface area contributed by atoms with Gasteiger partial charge in [0.1, 0.15) is 0 Å². The highest BCUT2D eigenvalue weighted by Gasteiger charge is 2.12. The highest BCUT2D eigenvalue weighted by molar-refractivity contribution is 5.01. The topological polar surface area (TPSA) is 66.0 Å². The highest BCUT2D eigenvalue weighted by Crippen LogP contribution is 2.10. The molecule has 0 amide bonds. The summed E-state index contributed by atoms with van der Waals surface area (Å²) in [6.07, 6.45) is 1.70. The van der Waals surface area contributed by atoms with Gasteiger partial charge in [0, 0.05) is 13.7 Å². The first kappa shape index (κ1) is 11.1. The van der Waals surface area contributed by atoms with Crippen LogP contribution in [0.3, 0.4) is 0 Å². The van der Waals surface area contributed by atoms with E-state index in [2.05, 4.69) is 24.2 Å². The molecule has 0 saturated carbocycles. The molecule has 1 rings (SSSR count). The summed E-state index contributed by atoms with van der Waals surface area (Å²) in [4.78, 5) is 0. The largest absolute Gasteiger partial charge is 0.383 e. The van der Waals surface area contributed by atoms with Crippen molar-refractivity contribution in [2.75, 3.05) is 13.7 Å². The summed E-state index contributed by atoms with van der Waals surface area (Å²) in [6.45, 7) is 5.60. The van der Waals surface area contributed by atoms with Crippen molar-refractivity contribution >= 4 is 0 Å². The predicted octanol–water partition coefficient (Wildman–Crippen LogP) is 0.580. The van der Waals surface area contributed by atoms with Crippen molar-refractivity contribution in [3.05, 3.63) is 11.9 Å². The molecule has 1 heterocycles. The van der Waals surface area contributed by atoms with Crippen molar-refractivity contribution in [2.24, 2.45) is 11.7 Å². The molecule has 2 N–H and O–H groups in total. The summed E-state index contributed by atoms with van der Waals surface area (Å²) in [5.74, 6) is 0.533. The van der Waals surface area contributed by atoms with Crippen LogP contribution in [0.4, 0.5) is 0 Å². The second-order valence-corrected chi connectivity index (χ2v) is 3.80. The van der Waals surface area contributed by atoms with Crippen LogP contribution >= 0.6 is 0 Å². The lowest BCUT2D eigenvalue weighted by molar-refractivity contribution is 0.177. The van der Waals surface area contributed by atoms with Gasteiger partial charge in [0.15, 0.2) is 0 Å². The Kier molecular flexibility index (Phi) is 4.03. The summed E-state index contributed by atoms with van der Waals surface area (Å²) in [5, 5.41) is 7.85. The molecule has 5 nitrogen and oxygen atoms in total. The molecule has 0 fully saturated rings. The van der Waals surface area contributed by atoms with Gasteiger partial charge < -0.3 is 10.5 Å². The van der Waals surface area contributed by atoms with E-state index >= 15 is 0 Å². The zero-order valence-corrected chi connectivity index (χ0v) is 8.97. The van der Waals surface area contributed by atoms with E-state index in [0.29, 0.717) is 12.5 Å². The van der Waals surface area contributed by atoms with Gasteiger partial charge in [-0.25, -0.2) is 4.68 Å². The lowest BCUT2D eigenvalue weighted by atomic mass is 10.2. The van der Waals surface area contributed by atoms with Crippen molar-refractivity contribution in [1.29, 1.82) is 0 Å². The molecule has 0 unspecified atom stereocenters. The fourth-order valence-corrected chi connectivity index (χ4v) is 1.31. The second-order valence-electron chi connectivity index (χ2n) is 3.80. The van der Waals surface area contributed by atoms with Gasteiger partial charge in [-0.05, 0) is 5.92 Å². The van der Waals surface area contributed by atoms with E-state index in [4.69, 9.17) is 10.5 Å². The maximum atomic E-state index is 5.90. The number of ether oxygens (including phenoxy) is 1. The van der Waals surface area contributed by atoms with Gasteiger partial charge in [-0.1, -0.05) is 19.1 Å². The molecule has 0 aliphatic carbocycles. The van der Waals surface area contributed by atoms with Crippen LogP contribution in [0.2, 0.25) is 0 Å². The summed E-state index contributed by atoms with van der Waals surface area (Å²) in [6, 6.07) is -0.145. The zero-order valence-electron chi connectivity index (χ0n) is 8.97. The maximum absolute atomic E-state index is 5.90. The van der Waals surface area contributed by atoms with Crippen LogP contribution in [0, 0.1) is 5.92 Å². The third kappa shape index (κ3) is 2.78. The number of aromatic nitrogens is 3. The van der Waals surface area contributed by atoms with Gasteiger partial charge in [-0.3, -0.25) is 0 Å². The molecular weight excluding hydrogens is 180 g/mol. The highest BCUT2D eigenvalue weighted by atomic mass is 16.5. The number of hydrogen-bond donors (Lipinski definition) is 1. The standard InChI is InChI=1S/C9H18N4O/c1-7(2)5-13-9(4-11-12-13)8(10)6-14-3/h4,7-8H,5-6,10H2,1-3H3/t8-/m1/s1. The van der Waals surface area contributed by atoms with Crippen LogP contribution in [0.1, 0.15) is 25.6 Å². The summed E-state index contributed by atoms with van der Waals surface area (Å²) >= 11 is 0. The van der Waals surface area contributed by atoms with Gasteiger partial charge in [0.2, 0.25) is 0 Å². The van der Waals surface area contributed by atoms with Gasteiger partial charge in [-0.2, -0.15) is 0 Å². The normalized spacial score (nSPS) is 13.5. The van der Waals surface area contributed by atoms with Gasteiger partial charge >= 0.3 is 0 Å². The lowest BCUT2D eigenvalue weighted by Gasteiger charge is -2.13. The molecule has 1 aromatic heterocycles. The van der Waals surface area contributed by atoms with Crippen LogP contribution in [0.5, 0.6) is 0 Å². The smallest absolute Gasteiger partial charge is 0.0778 e. The first-order valence-electron chi connectivity index (χ1n) is 4.78. The summed E-state index contributed by atoms with van der Waals surface area (Å²) in [7, 11) is 1.64. The zero-order chi connectivity index (χ0) is 10.6. The first-order valence-corrected chi connectivity index (χ1v) is 4.78. The molecule has 1 aromatic rings. The summed E-state index contributed by atoms with van der Waals surface area (Å²) in [5.41, 5.74) is 6.83. The molecule has 5 heteroatoms. The van der Waals surface area contributed by atoms with Crippen LogP contribution in [0.25, 0.3) is 0 Å². The maximum Gasteiger partial charge on any atom is 0.0778 e. The quantitative estimate of drug-likeness (QED) is 0.751. The lowest BCUT2D eigenvalue weighted by Crippen LogP contribution is -2.21. The third-order valence-corrected chi connectivity index (χ3v) is 1.91. The van der Waals surface area contributed by atoms with Crippen molar-refractivity contribution in [3.8, 4) is 0 Å². The van der Waals surface area contributed by atoms with E-state index in [1.165, 1.54) is 0 Å². The van der Waals surface area contributed by atoms with E-state index in [9.17, 15) is 0 Å². The Morgan fingerprint density at radius 1 is 1.57 bits per heavy atom. The average Bonchev–Trinajstić information content (AvgIpc) is 2.51. The first-order chi connectivity index (χ1) is 6.65. The monoisotopic (exact) mass is 198 g/mol. The van der Waals surface area contributed by atoms with Crippen molar-refractivity contribution in [3.63, 3.8) is 0 Å². The van der Waals surface area contributed by atoms with Crippen LogP contribution < -0.4 is 5.73 Å². The van der Waals surface area contributed by atoms with Gasteiger partial charge in [0.25, 0.3) is 0 Å². The minimum atomic E-state index is -0.145. The van der Waals surface area contributed by atoms with Crippen molar-refractivity contribution in [1.82, 2.24) is 15.0 Å². The molecule has 1 atom stereocenters. The molecule has 80 valence electrons. The fourth-order valence-electron chi connectivity index (χ4n) is 1.31. The molecule has 0 aliphatic rings. The minimum absolute atomic E-state index is 0.145. The Morgan fingerprint density at radius 3 is 2.86 bits per heavy atom. The van der Waals surface area contributed by atoms with E-state index in [1.807, 2.05) is 4.68 Å². The van der Waals surface area contributed by atoms with Crippen LogP contribution in [0.15, 0.2) is 6.20 Å². The van der Waals surface area contributed by atoms with Gasteiger partial charge in [0.05, 0.1) is 24.5 Å². The van der Waals surface area contributed by atoms with E-state index in [0.717, 1.165) is 12.2 Å². The van der Waals surface area contributed by atoms with Crippen LogP contribution in [-0.2, 0) is 11.3 Å². The molecule has 0 aliphatic heterocycles. The Labute approximate surface area is 84.2 Å².